The molecular formula is C12H14N2O5. The summed E-state index contributed by atoms with van der Waals surface area (Å²) in [4.78, 5) is 22.3. The van der Waals surface area contributed by atoms with Gasteiger partial charge in [-0.05, 0) is 18.6 Å². The Labute approximate surface area is 109 Å². The van der Waals surface area contributed by atoms with Crippen molar-refractivity contribution in [1.29, 1.82) is 0 Å². The number of aromatic hydroxyl groups is 1. The molecule has 1 aromatic rings. The zero-order valence-electron chi connectivity index (χ0n) is 10.0. The summed E-state index contributed by atoms with van der Waals surface area (Å²) in [6, 6.07) is 3.39. The number of benzene rings is 1. The Morgan fingerprint density at radius 2 is 2.16 bits per heavy atom. The van der Waals surface area contributed by atoms with Crippen LogP contribution in [0.25, 0.3) is 0 Å². The number of amides is 2. The van der Waals surface area contributed by atoms with Gasteiger partial charge in [-0.3, -0.25) is 0 Å². The third-order valence-corrected chi connectivity index (χ3v) is 2.75. The second-order valence-electron chi connectivity index (χ2n) is 4.20. The molecule has 1 aliphatic heterocycles. The van der Waals surface area contributed by atoms with E-state index in [-0.39, 0.29) is 11.6 Å². The SMILES string of the molecule is O=C(Nc1ccc(C(=O)O)c(O)c1)NC1CCOC1. The Kier molecular flexibility index (Phi) is 3.86. The van der Waals surface area contributed by atoms with E-state index < -0.39 is 17.7 Å². The quantitative estimate of drug-likeness (QED) is 0.652. The predicted molar refractivity (Wildman–Crippen MR) is 66.4 cm³/mol. The first-order valence-electron chi connectivity index (χ1n) is 5.78. The van der Waals surface area contributed by atoms with Crippen LogP contribution in [-0.2, 0) is 4.74 Å². The molecule has 7 nitrogen and oxygen atoms in total. The van der Waals surface area contributed by atoms with Gasteiger partial charge in [0.05, 0.1) is 12.6 Å². The van der Waals surface area contributed by atoms with E-state index in [1.807, 2.05) is 0 Å². The summed E-state index contributed by atoms with van der Waals surface area (Å²) in [6.07, 6.45) is 0.761. The van der Waals surface area contributed by atoms with Crippen LogP contribution in [0.3, 0.4) is 0 Å². The minimum absolute atomic E-state index is 0.0214. The van der Waals surface area contributed by atoms with E-state index >= 15 is 0 Å². The van der Waals surface area contributed by atoms with Crippen LogP contribution in [0.1, 0.15) is 16.8 Å². The second kappa shape index (κ2) is 5.57. The van der Waals surface area contributed by atoms with E-state index in [1.54, 1.807) is 0 Å². The van der Waals surface area contributed by atoms with Crippen LogP contribution in [0.15, 0.2) is 18.2 Å². The molecule has 1 unspecified atom stereocenters. The molecule has 0 bridgehead atoms. The first-order valence-corrected chi connectivity index (χ1v) is 5.78. The van der Waals surface area contributed by atoms with E-state index in [4.69, 9.17) is 9.84 Å². The molecule has 0 radical (unpaired) electrons. The van der Waals surface area contributed by atoms with E-state index in [0.717, 1.165) is 6.42 Å². The molecule has 2 amide bonds. The maximum atomic E-state index is 11.6. The zero-order chi connectivity index (χ0) is 13.8. The molecule has 1 fully saturated rings. The fourth-order valence-electron chi connectivity index (χ4n) is 1.79. The van der Waals surface area contributed by atoms with Crippen molar-refractivity contribution in [3.63, 3.8) is 0 Å². The molecular weight excluding hydrogens is 252 g/mol. The maximum Gasteiger partial charge on any atom is 0.339 e. The Morgan fingerprint density at radius 3 is 2.74 bits per heavy atom. The van der Waals surface area contributed by atoms with Crippen LogP contribution in [0.2, 0.25) is 0 Å². The van der Waals surface area contributed by atoms with E-state index in [0.29, 0.717) is 18.9 Å². The molecule has 0 aromatic heterocycles. The number of hydrogen-bond acceptors (Lipinski definition) is 4. The summed E-state index contributed by atoms with van der Waals surface area (Å²) in [7, 11) is 0. The highest BCUT2D eigenvalue weighted by molar-refractivity contribution is 5.94. The van der Waals surface area contributed by atoms with Crippen molar-refractivity contribution < 1.29 is 24.5 Å². The van der Waals surface area contributed by atoms with Crippen LogP contribution in [-0.4, -0.2) is 41.5 Å². The van der Waals surface area contributed by atoms with Gasteiger partial charge < -0.3 is 25.6 Å². The number of carbonyl (C=O) groups excluding carboxylic acids is 1. The first-order chi connectivity index (χ1) is 9.06. The summed E-state index contributed by atoms with van der Waals surface area (Å²) < 4.78 is 5.12. The number of phenols is 1. The number of urea groups is 1. The predicted octanol–water partition coefficient (Wildman–Crippen LogP) is 1.00. The average molecular weight is 266 g/mol. The number of anilines is 1. The van der Waals surface area contributed by atoms with Gasteiger partial charge in [-0.2, -0.15) is 0 Å². The number of ether oxygens (including phenoxy) is 1. The Bertz CT molecular complexity index is 497. The molecule has 1 heterocycles. The summed E-state index contributed by atoms with van der Waals surface area (Å²) in [5, 5.41) is 23.5. The highest BCUT2D eigenvalue weighted by atomic mass is 16.5. The van der Waals surface area contributed by atoms with Crippen LogP contribution < -0.4 is 10.6 Å². The Balaban J connectivity index is 1.96. The lowest BCUT2D eigenvalue weighted by Gasteiger charge is -2.12. The fourth-order valence-corrected chi connectivity index (χ4v) is 1.79. The third kappa shape index (κ3) is 3.35. The molecule has 1 saturated heterocycles. The fraction of sp³-hybridized carbons (Fsp3) is 0.333. The van der Waals surface area contributed by atoms with Crippen LogP contribution >= 0.6 is 0 Å². The third-order valence-electron chi connectivity index (χ3n) is 2.75. The molecule has 19 heavy (non-hydrogen) atoms. The van der Waals surface area contributed by atoms with Crippen LogP contribution in [0.4, 0.5) is 10.5 Å². The van der Waals surface area contributed by atoms with Crippen LogP contribution in [0.5, 0.6) is 5.75 Å². The molecule has 1 atom stereocenters. The number of aromatic carboxylic acids is 1. The van der Waals surface area contributed by atoms with Crippen molar-refractivity contribution >= 4 is 17.7 Å². The van der Waals surface area contributed by atoms with Gasteiger partial charge in [-0.25, -0.2) is 9.59 Å². The monoisotopic (exact) mass is 266 g/mol. The summed E-state index contributed by atoms with van der Waals surface area (Å²) >= 11 is 0. The Hall–Kier alpha value is -2.28. The topological polar surface area (TPSA) is 108 Å². The number of rotatable bonds is 3. The lowest BCUT2D eigenvalue weighted by atomic mass is 10.2. The molecule has 102 valence electrons. The average Bonchev–Trinajstić information content (AvgIpc) is 2.81. The van der Waals surface area contributed by atoms with Gasteiger partial charge in [0.2, 0.25) is 0 Å². The van der Waals surface area contributed by atoms with Crippen molar-refractivity contribution in [2.45, 2.75) is 12.5 Å². The van der Waals surface area contributed by atoms with Gasteiger partial charge in [0.1, 0.15) is 11.3 Å². The molecule has 1 aromatic carbocycles. The number of carboxylic acids is 1. The lowest BCUT2D eigenvalue weighted by molar-refractivity contribution is 0.0694. The van der Waals surface area contributed by atoms with Crippen molar-refractivity contribution in [3.8, 4) is 5.75 Å². The summed E-state index contributed by atoms with van der Waals surface area (Å²) in [5.41, 5.74) is 0.106. The van der Waals surface area contributed by atoms with Gasteiger partial charge in [-0.15, -0.1) is 0 Å². The molecule has 2 rings (SSSR count). The minimum Gasteiger partial charge on any atom is -0.507 e. The standard InChI is InChI=1S/C12H14N2O5/c15-10-5-7(1-2-9(10)11(16)17)13-12(18)14-8-3-4-19-6-8/h1-2,5,8,15H,3-4,6H2,(H,16,17)(H2,13,14,18). The molecule has 1 aliphatic rings. The number of carboxylic acid groups (broad SMARTS) is 1. The largest absolute Gasteiger partial charge is 0.507 e. The van der Waals surface area contributed by atoms with Gasteiger partial charge >= 0.3 is 12.0 Å². The van der Waals surface area contributed by atoms with Gasteiger partial charge in [0.25, 0.3) is 0 Å². The van der Waals surface area contributed by atoms with Gasteiger partial charge in [0, 0.05) is 18.4 Å². The van der Waals surface area contributed by atoms with E-state index in [9.17, 15) is 14.7 Å². The lowest BCUT2D eigenvalue weighted by Crippen LogP contribution is -2.38. The number of carbonyl (C=O) groups is 2. The maximum absolute atomic E-state index is 11.6. The molecule has 0 aliphatic carbocycles. The molecule has 0 spiro atoms. The summed E-state index contributed by atoms with van der Waals surface area (Å²) in [5.74, 6) is -1.62. The highest BCUT2D eigenvalue weighted by Gasteiger charge is 2.18. The summed E-state index contributed by atoms with van der Waals surface area (Å²) in [6.45, 7) is 1.11. The van der Waals surface area contributed by atoms with Crippen molar-refractivity contribution in [2.75, 3.05) is 18.5 Å². The molecule has 7 heteroatoms. The first kappa shape index (κ1) is 13.2. The molecule has 4 N–H and O–H groups in total. The second-order valence-corrected chi connectivity index (χ2v) is 4.20. The van der Waals surface area contributed by atoms with E-state index in [2.05, 4.69) is 10.6 Å². The van der Waals surface area contributed by atoms with E-state index in [1.165, 1.54) is 18.2 Å². The highest BCUT2D eigenvalue weighted by Crippen LogP contribution is 2.21. The Morgan fingerprint density at radius 1 is 1.37 bits per heavy atom. The van der Waals surface area contributed by atoms with Crippen LogP contribution in [0, 0.1) is 0 Å². The van der Waals surface area contributed by atoms with Gasteiger partial charge in [0.15, 0.2) is 0 Å². The zero-order valence-corrected chi connectivity index (χ0v) is 10.0. The number of hydrogen-bond donors (Lipinski definition) is 4. The smallest absolute Gasteiger partial charge is 0.339 e. The number of nitrogens with one attached hydrogen (secondary N) is 2. The van der Waals surface area contributed by atoms with Crippen molar-refractivity contribution in [1.82, 2.24) is 5.32 Å². The van der Waals surface area contributed by atoms with Gasteiger partial charge in [-0.1, -0.05) is 0 Å². The van der Waals surface area contributed by atoms with Crippen molar-refractivity contribution in [3.05, 3.63) is 23.8 Å². The van der Waals surface area contributed by atoms with Crippen molar-refractivity contribution in [2.24, 2.45) is 0 Å². The molecule has 0 saturated carbocycles. The minimum atomic E-state index is -1.23. The normalized spacial score (nSPS) is 18.0.